The van der Waals surface area contributed by atoms with Gasteiger partial charge in [0, 0.05) is 24.0 Å². The number of amides is 3. The number of nitrogens with zero attached hydrogens (tertiary/aromatic N) is 2. The van der Waals surface area contributed by atoms with Crippen molar-refractivity contribution in [2.75, 3.05) is 12.4 Å². The van der Waals surface area contributed by atoms with Crippen molar-refractivity contribution in [2.45, 2.75) is 26.2 Å². The van der Waals surface area contributed by atoms with Crippen LogP contribution in [0.1, 0.15) is 51.2 Å². The number of benzene rings is 1. The van der Waals surface area contributed by atoms with E-state index in [9.17, 15) is 14.4 Å². The molecule has 124 valence electrons. The molecule has 2 heterocycles. The summed E-state index contributed by atoms with van der Waals surface area (Å²) >= 11 is 1.54. The summed E-state index contributed by atoms with van der Waals surface area (Å²) in [6, 6.07) is 4.73. The van der Waals surface area contributed by atoms with Crippen molar-refractivity contribution >= 4 is 34.7 Å². The second kappa shape index (κ2) is 6.16. The minimum atomic E-state index is -0.354. The normalized spacial score (nSPS) is 13.6. The van der Waals surface area contributed by atoms with Crippen molar-refractivity contribution in [1.29, 1.82) is 0 Å². The summed E-state index contributed by atoms with van der Waals surface area (Å²) in [5.74, 6) is -0.548. The number of hydrogen-bond donors (Lipinski definition) is 1. The van der Waals surface area contributed by atoms with Gasteiger partial charge in [-0.1, -0.05) is 13.8 Å². The van der Waals surface area contributed by atoms with E-state index in [0.717, 1.165) is 15.6 Å². The van der Waals surface area contributed by atoms with Gasteiger partial charge in [0.15, 0.2) is 0 Å². The van der Waals surface area contributed by atoms with Crippen LogP contribution in [0.5, 0.6) is 0 Å². The molecule has 6 nitrogen and oxygen atoms in total. The third-order valence-electron chi connectivity index (χ3n) is 3.78. The van der Waals surface area contributed by atoms with Gasteiger partial charge in [-0.05, 0) is 18.2 Å². The summed E-state index contributed by atoms with van der Waals surface area (Å²) in [6.45, 7) is 4.12. The second-order valence-electron chi connectivity index (χ2n) is 5.99. The van der Waals surface area contributed by atoms with Crippen molar-refractivity contribution in [3.63, 3.8) is 0 Å². The maximum absolute atomic E-state index is 12.2. The van der Waals surface area contributed by atoms with E-state index in [-0.39, 0.29) is 24.1 Å². The predicted molar refractivity (Wildman–Crippen MR) is 91.4 cm³/mol. The van der Waals surface area contributed by atoms with Crippen LogP contribution in [0, 0.1) is 0 Å². The Morgan fingerprint density at radius 2 is 1.96 bits per heavy atom. The molecule has 0 saturated heterocycles. The monoisotopic (exact) mass is 343 g/mol. The molecule has 0 radical (unpaired) electrons. The Balaban J connectivity index is 1.71. The van der Waals surface area contributed by atoms with Crippen molar-refractivity contribution in [3.05, 3.63) is 45.4 Å². The van der Waals surface area contributed by atoms with Crippen molar-refractivity contribution in [2.24, 2.45) is 0 Å². The van der Waals surface area contributed by atoms with Gasteiger partial charge in [0.25, 0.3) is 11.8 Å². The van der Waals surface area contributed by atoms with Crippen LogP contribution in [-0.2, 0) is 11.2 Å². The van der Waals surface area contributed by atoms with Gasteiger partial charge in [-0.3, -0.25) is 19.3 Å². The zero-order valence-corrected chi connectivity index (χ0v) is 14.4. The third kappa shape index (κ3) is 2.94. The van der Waals surface area contributed by atoms with E-state index in [1.165, 1.54) is 13.1 Å². The van der Waals surface area contributed by atoms with E-state index in [4.69, 9.17) is 0 Å². The van der Waals surface area contributed by atoms with Crippen LogP contribution in [0.3, 0.4) is 0 Å². The highest BCUT2D eigenvalue weighted by Gasteiger charge is 2.32. The van der Waals surface area contributed by atoms with E-state index in [1.807, 2.05) is 5.38 Å². The average molecular weight is 343 g/mol. The zero-order chi connectivity index (χ0) is 17.4. The molecule has 0 atom stereocenters. The molecule has 0 spiro atoms. The molecule has 3 amide bonds. The summed E-state index contributed by atoms with van der Waals surface area (Å²) in [6.07, 6.45) is 0.174. The van der Waals surface area contributed by atoms with E-state index in [0.29, 0.717) is 22.7 Å². The van der Waals surface area contributed by atoms with Crippen LogP contribution < -0.4 is 5.32 Å². The van der Waals surface area contributed by atoms with Crippen LogP contribution in [0.4, 0.5) is 5.69 Å². The molecular formula is C17H17N3O3S. The van der Waals surface area contributed by atoms with Crippen molar-refractivity contribution in [1.82, 2.24) is 9.88 Å². The first kappa shape index (κ1) is 16.3. The number of nitrogens with one attached hydrogen (secondary N) is 1. The van der Waals surface area contributed by atoms with Crippen LogP contribution in [-0.4, -0.2) is 34.7 Å². The molecule has 0 unspecified atom stereocenters. The number of aromatic nitrogens is 1. The highest BCUT2D eigenvalue weighted by Crippen LogP contribution is 2.25. The zero-order valence-electron chi connectivity index (χ0n) is 13.6. The van der Waals surface area contributed by atoms with Gasteiger partial charge in [0.2, 0.25) is 5.91 Å². The van der Waals surface area contributed by atoms with E-state index in [2.05, 4.69) is 24.1 Å². The van der Waals surface area contributed by atoms with E-state index < -0.39 is 0 Å². The number of fused-ring (bicyclic) bond motifs is 1. The topological polar surface area (TPSA) is 79.4 Å². The van der Waals surface area contributed by atoms with Gasteiger partial charge in [-0.15, -0.1) is 11.3 Å². The molecule has 1 aromatic heterocycles. The lowest BCUT2D eigenvalue weighted by Gasteiger charge is -2.05. The first-order valence-electron chi connectivity index (χ1n) is 7.57. The summed E-state index contributed by atoms with van der Waals surface area (Å²) in [7, 11) is 1.44. The average Bonchev–Trinajstić information content (AvgIpc) is 3.08. The van der Waals surface area contributed by atoms with Crippen LogP contribution in [0.15, 0.2) is 23.6 Å². The Labute approximate surface area is 143 Å². The highest BCUT2D eigenvalue weighted by atomic mass is 32.1. The molecule has 0 fully saturated rings. The largest absolute Gasteiger partial charge is 0.326 e. The summed E-state index contributed by atoms with van der Waals surface area (Å²) in [4.78, 5) is 41.5. The fourth-order valence-electron chi connectivity index (χ4n) is 2.48. The van der Waals surface area contributed by atoms with Crippen LogP contribution >= 0.6 is 11.3 Å². The molecule has 0 bridgehead atoms. The number of carbonyl (C=O) groups excluding carboxylic acids is 3. The molecule has 0 saturated carbocycles. The number of rotatable bonds is 4. The van der Waals surface area contributed by atoms with E-state index >= 15 is 0 Å². The smallest absolute Gasteiger partial charge is 0.261 e. The Hall–Kier alpha value is -2.54. The maximum atomic E-state index is 12.2. The summed E-state index contributed by atoms with van der Waals surface area (Å²) < 4.78 is 0. The molecule has 24 heavy (non-hydrogen) atoms. The van der Waals surface area contributed by atoms with Gasteiger partial charge in [-0.25, -0.2) is 4.98 Å². The predicted octanol–water partition coefficient (Wildman–Crippen LogP) is 2.67. The van der Waals surface area contributed by atoms with Gasteiger partial charge in [0.1, 0.15) is 0 Å². The number of carbonyl (C=O) groups is 3. The lowest BCUT2D eigenvalue weighted by atomic mass is 10.1. The number of hydrogen-bond acceptors (Lipinski definition) is 5. The van der Waals surface area contributed by atoms with Gasteiger partial charge >= 0.3 is 0 Å². The minimum absolute atomic E-state index is 0.174. The van der Waals surface area contributed by atoms with E-state index in [1.54, 1.807) is 23.5 Å². The molecule has 1 N–H and O–H groups in total. The number of imide groups is 1. The van der Waals surface area contributed by atoms with Crippen LogP contribution in [0.25, 0.3) is 0 Å². The second-order valence-corrected chi connectivity index (χ2v) is 6.88. The molecular weight excluding hydrogens is 326 g/mol. The molecule has 7 heteroatoms. The Kier molecular flexibility index (Phi) is 4.19. The Bertz CT molecular complexity index is 841. The van der Waals surface area contributed by atoms with Gasteiger partial charge < -0.3 is 5.32 Å². The summed E-state index contributed by atoms with van der Waals surface area (Å²) in [5.41, 5.74) is 1.90. The Morgan fingerprint density at radius 3 is 2.62 bits per heavy atom. The molecule has 0 aliphatic carbocycles. The standard InChI is InChI=1S/C17H17N3O3S/c1-9(2)15-19-11(8-24-15)7-14(21)18-10-4-5-12-13(6-10)17(23)20(3)16(12)22/h4-6,8-9H,7H2,1-3H3,(H,18,21). The molecule has 3 rings (SSSR count). The number of anilines is 1. The SMILES string of the molecule is CC(C)c1nc(CC(=O)Nc2ccc3c(c2)C(=O)N(C)C3=O)cs1. The first-order chi connectivity index (χ1) is 11.4. The Morgan fingerprint density at radius 1 is 1.25 bits per heavy atom. The van der Waals surface area contributed by atoms with Gasteiger partial charge in [-0.2, -0.15) is 0 Å². The van der Waals surface area contributed by atoms with Crippen LogP contribution in [0.2, 0.25) is 0 Å². The first-order valence-corrected chi connectivity index (χ1v) is 8.45. The fraction of sp³-hybridized carbons (Fsp3) is 0.294. The molecule has 2 aromatic rings. The quantitative estimate of drug-likeness (QED) is 0.866. The third-order valence-corrected chi connectivity index (χ3v) is 4.97. The molecule has 1 aromatic carbocycles. The maximum Gasteiger partial charge on any atom is 0.261 e. The van der Waals surface area contributed by atoms with Crippen molar-refractivity contribution in [3.8, 4) is 0 Å². The lowest BCUT2D eigenvalue weighted by molar-refractivity contribution is -0.115. The lowest BCUT2D eigenvalue weighted by Crippen LogP contribution is -2.24. The minimum Gasteiger partial charge on any atom is -0.326 e. The molecule has 1 aliphatic rings. The van der Waals surface area contributed by atoms with Crippen molar-refractivity contribution < 1.29 is 14.4 Å². The van der Waals surface area contributed by atoms with Gasteiger partial charge in [0.05, 0.1) is 28.2 Å². The summed E-state index contributed by atoms with van der Waals surface area (Å²) in [5, 5.41) is 5.64. The fourth-order valence-corrected chi connectivity index (χ4v) is 3.31. The molecule has 1 aliphatic heterocycles. The highest BCUT2D eigenvalue weighted by molar-refractivity contribution is 7.09. The number of thiazole rings is 1.